The first-order valence-corrected chi connectivity index (χ1v) is 11.4. The van der Waals surface area contributed by atoms with Crippen LogP contribution in [0.15, 0.2) is 47.5 Å². The average Bonchev–Trinajstić information content (AvgIpc) is 3.28. The lowest BCUT2D eigenvalue weighted by Crippen LogP contribution is -2.20. The maximum atomic E-state index is 15.5. The molecule has 0 bridgehead atoms. The molecule has 0 unspecified atom stereocenters. The van der Waals surface area contributed by atoms with Crippen LogP contribution in [0.5, 0.6) is 6.01 Å². The van der Waals surface area contributed by atoms with Crippen molar-refractivity contribution in [2.45, 2.75) is 37.2 Å². The van der Waals surface area contributed by atoms with Crippen molar-refractivity contribution in [1.29, 1.82) is 0 Å². The number of ether oxygens (including phenoxy) is 1. The van der Waals surface area contributed by atoms with Gasteiger partial charge < -0.3 is 10.1 Å². The molecule has 0 saturated heterocycles. The Labute approximate surface area is 187 Å². The Kier molecular flexibility index (Phi) is 5.83. The molecule has 176 valence electrons. The zero-order valence-electron chi connectivity index (χ0n) is 17.6. The number of aromatic nitrogens is 2. The van der Waals surface area contributed by atoms with Crippen LogP contribution in [0.1, 0.15) is 18.1 Å². The number of anilines is 1. The number of alkyl halides is 3. The third-order valence-corrected chi connectivity index (χ3v) is 6.62. The van der Waals surface area contributed by atoms with Gasteiger partial charge in [-0.1, -0.05) is 12.1 Å². The van der Waals surface area contributed by atoms with Crippen molar-refractivity contribution in [1.82, 2.24) is 14.3 Å². The SMILES string of the molecule is CNS(=O)(=O)c1ccc(NCc2ccc(C(F)(F)F)cc2)c(-c2cn3c(n2)O[C@H](C)C3)c1F. The van der Waals surface area contributed by atoms with Gasteiger partial charge in [0.1, 0.15) is 11.0 Å². The number of rotatable bonds is 6. The molecule has 7 nitrogen and oxygen atoms in total. The summed E-state index contributed by atoms with van der Waals surface area (Å²) in [4.78, 5) is 3.74. The van der Waals surface area contributed by atoms with Crippen LogP contribution in [0.25, 0.3) is 11.3 Å². The van der Waals surface area contributed by atoms with Gasteiger partial charge in [-0.05, 0) is 43.8 Å². The Morgan fingerprint density at radius 2 is 1.88 bits per heavy atom. The Balaban J connectivity index is 1.70. The summed E-state index contributed by atoms with van der Waals surface area (Å²) < 4.78 is 87.7. The molecule has 0 amide bonds. The predicted octanol–water partition coefficient (Wildman–Crippen LogP) is 4.01. The molecular weight excluding hydrogens is 464 g/mol. The van der Waals surface area contributed by atoms with Gasteiger partial charge in [0, 0.05) is 18.4 Å². The molecular formula is C21H20F4N4O3S. The standard InChI is InChI=1S/C21H20F4N4O3S/c1-12-10-29-11-16(28-20(29)32-12)18-15(7-8-17(19(18)22)33(30,31)26-2)27-9-13-3-5-14(6-4-13)21(23,24)25/h3-8,11-12,26-27H,9-10H2,1-2H3/t12-/m1/s1. The maximum Gasteiger partial charge on any atom is 0.416 e. The quantitative estimate of drug-likeness (QED) is 0.517. The van der Waals surface area contributed by atoms with Crippen LogP contribution < -0.4 is 14.8 Å². The van der Waals surface area contributed by atoms with E-state index in [1.807, 2.05) is 6.92 Å². The monoisotopic (exact) mass is 484 g/mol. The largest absolute Gasteiger partial charge is 0.460 e. The molecule has 0 aliphatic carbocycles. The predicted molar refractivity (Wildman–Crippen MR) is 113 cm³/mol. The number of benzene rings is 2. The fourth-order valence-corrected chi connectivity index (χ4v) is 4.32. The highest BCUT2D eigenvalue weighted by Gasteiger charge is 2.30. The lowest BCUT2D eigenvalue weighted by atomic mass is 10.1. The van der Waals surface area contributed by atoms with Crippen LogP contribution in [0.4, 0.5) is 23.2 Å². The summed E-state index contributed by atoms with van der Waals surface area (Å²) >= 11 is 0. The van der Waals surface area contributed by atoms with Crippen molar-refractivity contribution < 1.29 is 30.7 Å². The fourth-order valence-electron chi connectivity index (χ4n) is 3.52. The van der Waals surface area contributed by atoms with E-state index in [1.54, 1.807) is 10.8 Å². The Bertz CT molecular complexity index is 1260. The zero-order valence-corrected chi connectivity index (χ0v) is 18.4. The minimum absolute atomic E-state index is 0.0732. The van der Waals surface area contributed by atoms with Gasteiger partial charge in [0.15, 0.2) is 5.82 Å². The summed E-state index contributed by atoms with van der Waals surface area (Å²) in [6.07, 6.45) is -2.98. The highest BCUT2D eigenvalue weighted by Crippen LogP contribution is 2.37. The Morgan fingerprint density at radius 3 is 2.48 bits per heavy atom. The van der Waals surface area contributed by atoms with Crippen LogP contribution >= 0.6 is 0 Å². The van der Waals surface area contributed by atoms with Crippen molar-refractivity contribution in [2.75, 3.05) is 12.4 Å². The van der Waals surface area contributed by atoms with E-state index >= 15 is 4.39 Å². The number of hydrogen-bond donors (Lipinski definition) is 2. The molecule has 0 radical (unpaired) electrons. The molecule has 1 aliphatic heterocycles. The Hall–Kier alpha value is -3.12. The van der Waals surface area contributed by atoms with Crippen molar-refractivity contribution in [3.63, 3.8) is 0 Å². The molecule has 2 aromatic carbocycles. The van der Waals surface area contributed by atoms with Gasteiger partial charge >= 0.3 is 6.18 Å². The zero-order chi connectivity index (χ0) is 24.0. The second-order valence-corrected chi connectivity index (χ2v) is 9.40. The molecule has 0 fully saturated rings. The van der Waals surface area contributed by atoms with E-state index in [0.29, 0.717) is 12.1 Å². The van der Waals surface area contributed by atoms with E-state index in [-0.39, 0.29) is 35.6 Å². The number of sulfonamides is 1. The van der Waals surface area contributed by atoms with Crippen LogP contribution in [0.2, 0.25) is 0 Å². The first kappa shape index (κ1) is 23.1. The van der Waals surface area contributed by atoms with E-state index in [2.05, 4.69) is 15.0 Å². The molecule has 12 heteroatoms. The number of fused-ring (bicyclic) bond motifs is 1. The highest BCUT2D eigenvalue weighted by molar-refractivity contribution is 7.89. The second kappa shape index (κ2) is 8.34. The summed E-state index contributed by atoms with van der Waals surface area (Å²) in [7, 11) is -2.92. The summed E-state index contributed by atoms with van der Waals surface area (Å²) in [6, 6.07) is 7.33. The fraction of sp³-hybridized carbons (Fsp3) is 0.286. The molecule has 1 atom stereocenters. The van der Waals surface area contributed by atoms with Gasteiger partial charge in [-0.15, -0.1) is 0 Å². The van der Waals surface area contributed by atoms with Crippen molar-refractivity contribution in [3.8, 4) is 17.3 Å². The second-order valence-electron chi connectivity index (χ2n) is 7.55. The lowest BCUT2D eigenvalue weighted by Gasteiger charge is -2.15. The van der Waals surface area contributed by atoms with Gasteiger partial charge in [-0.25, -0.2) is 17.5 Å². The van der Waals surface area contributed by atoms with Crippen LogP contribution in [0, 0.1) is 5.82 Å². The number of nitrogens with one attached hydrogen (secondary N) is 2. The minimum atomic E-state index is -4.45. The summed E-state index contributed by atoms with van der Waals surface area (Å²) in [5.41, 5.74) is 0.0493. The van der Waals surface area contributed by atoms with Crippen LogP contribution in [-0.4, -0.2) is 31.1 Å². The Morgan fingerprint density at radius 1 is 1.18 bits per heavy atom. The molecule has 3 aromatic rings. The molecule has 0 spiro atoms. The van der Waals surface area contributed by atoms with E-state index < -0.39 is 32.5 Å². The third kappa shape index (κ3) is 4.53. The summed E-state index contributed by atoms with van der Waals surface area (Å²) in [6.45, 7) is 2.43. The molecule has 1 aliphatic rings. The molecule has 4 rings (SSSR count). The minimum Gasteiger partial charge on any atom is -0.460 e. The number of hydrogen-bond acceptors (Lipinski definition) is 5. The normalized spacial score (nSPS) is 15.9. The first-order chi connectivity index (χ1) is 15.5. The third-order valence-electron chi connectivity index (χ3n) is 5.19. The van der Waals surface area contributed by atoms with E-state index in [4.69, 9.17) is 4.74 Å². The molecule has 2 heterocycles. The van der Waals surface area contributed by atoms with Crippen molar-refractivity contribution in [3.05, 3.63) is 59.5 Å². The highest BCUT2D eigenvalue weighted by atomic mass is 32.2. The average molecular weight is 484 g/mol. The lowest BCUT2D eigenvalue weighted by molar-refractivity contribution is -0.137. The smallest absolute Gasteiger partial charge is 0.416 e. The number of nitrogens with zero attached hydrogens (tertiary/aromatic N) is 2. The molecule has 1 aromatic heterocycles. The van der Waals surface area contributed by atoms with Gasteiger partial charge in [-0.3, -0.25) is 4.57 Å². The summed E-state index contributed by atoms with van der Waals surface area (Å²) in [5.74, 6) is -1.01. The van der Waals surface area contributed by atoms with Crippen molar-refractivity contribution >= 4 is 15.7 Å². The summed E-state index contributed by atoms with van der Waals surface area (Å²) in [5, 5.41) is 2.97. The van der Waals surface area contributed by atoms with E-state index in [9.17, 15) is 21.6 Å². The van der Waals surface area contributed by atoms with Gasteiger partial charge in [0.2, 0.25) is 10.0 Å². The van der Waals surface area contributed by atoms with Gasteiger partial charge in [0.05, 0.1) is 23.4 Å². The van der Waals surface area contributed by atoms with E-state index in [0.717, 1.165) is 18.2 Å². The first-order valence-electron chi connectivity index (χ1n) is 9.90. The van der Waals surface area contributed by atoms with Crippen LogP contribution in [-0.2, 0) is 29.3 Å². The molecule has 2 N–H and O–H groups in total. The maximum absolute atomic E-state index is 15.5. The number of imidazole rings is 1. The van der Waals surface area contributed by atoms with Crippen LogP contribution in [0.3, 0.4) is 0 Å². The molecule has 0 saturated carbocycles. The van der Waals surface area contributed by atoms with E-state index in [1.165, 1.54) is 25.2 Å². The van der Waals surface area contributed by atoms with Gasteiger partial charge in [-0.2, -0.15) is 18.2 Å². The van der Waals surface area contributed by atoms with Gasteiger partial charge in [0.25, 0.3) is 6.01 Å². The molecule has 33 heavy (non-hydrogen) atoms. The topological polar surface area (TPSA) is 85.3 Å². The number of halogens is 4. The van der Waals surface area contributed by atoms with Crippen molar-refractivity contribution in [2.24, 2.45) is 0 Å².